The van der Waals surface area contributed by atoms with Crippen LogP contribution in [-0.4, -0.2) is 41.8 Å². The number of carbonyl (C=O) groups is 2. The van der Waals surface area contributed by atoms with E-state index in [4.69, 9.17) is 4.74 Å². The van der Waals surface area contributed by atoms with Crippen LogP contribution in [0.5, 0.6) is 0 Å². The Labute approximate surface area is 140 Å². The van der Waals surface area contributed by atoms with Crippen LogP contribution in [0.15, 0.2) is 0 Å². The summed E-state index contributed by atoms with van der Waals surface area (Å²) >= 11 is 0. The van der Waals surface area contributed by atoms with Crippen LogP contribution in [0.4, 0.5) is 4.79 Å². The fraction of sp³-hybridized carbons (Fsp3) is 0.882. The maximum atomic E-state index is 12.1. The molecule has 1 heterocycles. The van der Waals surface area contributed by atoms with Gasteiger partial charge < -0.3 is 20.7 Å². The lowest BCUT2D eigenvalue weighted by Gasteiger charge is -2.46. The zero-order chi connectivity index (χ0) is 17.8. The average Bonchev–Trinajstić information content (AvgIpc) is 2.30. The predicted octanol–water partition coefficient (Wildman–Crippen LogP) is 2.18. The Morgan fingerprint density at radius 2 is 1.65 bits per heavy atom. The summed E-state index contributed by atoms with van der Waals surface area (Å²) in [5.74, 6) is -0.645. The van der Waals surface area contributed by atoms with E-state index in [1.165, 1.54) is 0 Å². The number of nitrogens with one attached hydrogen (secondary N) is 3. The minimum atomic E-state index is -0.357. The summed E-state index contributed by atoms with van der Waals surface area (Å²) in [5, 5.41) is 9.38. The van der Waals surface area contributed by atoms with Gasteiger partial charge in [0.1, 0.15) is 0 Å². The van der Waals surface area contributed by atoms with Gasteiger partial charge in [-0.05, 0) is 54.4 Å². The molecule has 0 spiro atoms. The van der Waals surface area contributed by atoms with Gasteiger partial charge in [-0.25, -0.2) is 4.79 Å². The number of piperidine rings is 1. The van der Waals surface area contributed by atoms with Crippen LogP contribution in [0, 0.1) is 5.92 Å². The number of rotatable bonds is 5. The second kappa shape index (κ2) is 7.51. The quantitative estimate of drug-likeness (QED) is 0.676. The highest BCUT2D eigenvalue weighted by atomic mass is 16.5. The average molecular weight is 327 g/mol. The first-order valence-electron chi connectivity index (χ1n) is 8.44. The molecule has 0 aliphatic carbocycles. The Hall–Kier alpha value is -1.30. The SMILES string of the molecule is CC(C)OC(=O)[C@@H](C)CNC(=O)NC1CC(C)(C)NC(C)(C)C1. The van der Waals surface area contributed by atoms with Crippen molar-refractivity contribution in [3.05, 3.63) is 0 Å². The molecule has 23 heavy (non-hydrogen) atoms. The summed E-state index contributed by atoms with van der Waals surface area (Å²) in [6, 6.07) is -0.119. The van der Waals surface area contributed by atoms with Gasteiger partial charge in [-0.2, -0.15) is 0 Å². The first kappa shape index (κ1) is 19.7. The van der Waals surface area contributed by atoms with E-state index in [0.29, 0.717) is 0 Å². The van der Waals surface area contributed by atoms with E-state index in [-0.39, 0.29) is 47.7 Å². The fourth-order valence-electron chi connectivity index (χ4n) is 3.34. The van der Waals surface area contributed by atoms with Crippen LogP contribution in [0.2, 0.25) is 0 Å². The van der Waals surface area contributed by atoms with E-state index in [2.05, 4.69) is 43.6 Å². The van der Waals surface area contributed by atoms with Crippen molar-refractivity contribution >= 4 is 12.0 Å². The largest absolute Gasteiger partial charge is 0.463 e. The smallest absolute Gasteiger partial charge is 0.315 e. The Morgan fingerprint density at radius 3 is 2.13 bits per heavy atom. The molecule has 1 fully saturated rings. The van der Waals surface area contributed by atoms with E-state index in [1.807, 2.05) is 13.8 Å². The lowest BCUT2D eigenvalue weighted by molar-refractivity contribution is -0.151. The number of urea groups is 1. The maximum Gasteiger partial charge on any atom is 0.315 e. The van der Waals surface area contributed by atoms with E-state index in [0.717, 1.165) is 12.8 Å². The van der Waals surface area contributed by atoms with Crippen LogP contribution >= 0.6 is 0 Å². The van der Waals surface area contributed by atoms with Crippen molar-refractivity contribution in [1.29, 1.82) is 0 Å². The van der Waals surface area contributed by atoms with Crippen LogP contribution in [0.25, 0.3) is 0 Å². The first-order valence-corrected chi connectivity index (χ1v) is 8.44. The highest BCUT2D eigenvalue weighted by Gasteiger charge is 2.38. The third kappa shape index (κ3) is 7.20. The number of carbonyl (C=O) groups excluding carboxylic acids is 2. The molecule has 1 aliphatic heterocycles. The van der Waals surface area contributed by atoms with Crippen LogP contribution in [0.1, 0.15) is 61.3 Å². The molecule has 1 atom stereocenters. The highest BCUT2D eigenvalue weighted by molar-refractivity contribution is 5.76. The fourth-order valence-corrected chi connectivity index (χ4v) is 3.34. The molecule has 0 saturated carbocycles. The lowest BCUT2D eigenvalue weighted by Crippen LogP contribution is -2.62. The topological polar surface area (TPSA) is 79.5 Å². The Morgan fingerprint density at radius 1 is 1.13 bits per heavy atom. The van der Waals surface area contributed by atoms with Crippen molar-refractivity contribution in [2.24, 2.45) is 5.92 Å². The minimum Gasteiger partial charge on any atom is -0.463 e. The summed E-state index contributed by atoms with van der Waals surface area (Å²) in [4.78, 5) is 23.8. The summed E-state index contributed by atoms with van der Waals surface area (Å²) < 4.78 is 5.13. The van der Waals surface area contributed by atoms with E-state index < -0.39 is 0 Å². The molecule has 0 aromatic heterocycles. The molecule has 1 saturated heterocycles. The summed E-state index contributed by atoms with van der Waals surface area (Å²) in [7, 11) is 0. The second-order valence-corrected chi connectivity index (χ2v) is 8.24. The number of ether oxygens (including phenoxy) is 1. The maximum absolute atomic E-state index is 12.1. The van der Waals surface area contributed by atoms with Gasteiger partial charge in [0.25, 0.3) is 0 Å². The zero-order valence-electron chi connectivity index (χ0n) is 15.6. The summed E-state index contributed by atoms with van der Waals surface area (Å²) in [5.41, 5.74) is -0.0396. The first-order chi connectivity index (χ1) is 10.4. The van der Waals surface area contributed by atoms with Crippen molar-refractivity contribution in [2.75, 3.05) is 6.54 Å². The summed E-state index contributed by atoms with van der Waals surface area (Å²) in [6.07, 6.45) is 1.60. The predicted molar refractivity (Wildman–Crippen MR) is 91.2 cm³/mol. The molecule has 1 aliphatic rings. The molecule has 0 aromatic carbocycles. The molecule has 0 bridgehead atoms. The molecule has 2 amide bonds. The van der Waals surface area contributed by atoms with Crippen molar-refractivity contribution in [3.63, 3.8) is 0 Å². The highest BCUT2D eigenvalue weighted by Crippen LogP contribution is 2.28. The molecule has 1 rings (SSSR count). The molecule has 6 heteroatoms. The number of esters is 1. The van der Waals surface area contributed by atoms with Crippen LogP contribution in [-0.2, 0) is 9.53 Å². The Bertz CT molecular complexity index is 417. The third-order valence-electron chi connectivity index (χ3n) is 3.85. The molecular weight excluding hydrogens is 294 g/mol. The normalized spacial score (nSPS) is 21.6. The molecule has 0 radical (unpaired) electrons. The number of amides is 2. The van der Waals surface area contributed by atoms with Gasteiger partial charge >= 0.3 is 12.0 Å². The lowest BCUT2D eigenvalue weighted by atomic mass is 9.80. The standard InChI is InChI=1S/C17H33N3O3/c1-11(2)23-14(21)12(3)10-18-15(22)19-13-8-16(4,5)20-17(6,7)9-13/h11-13,20H,8-10H2,1-7H3,(H2,18,19,22)/t12-/m0/s1. The van der Waals surface area contributed by atoms with Crippen molar-refractivity contribution in [2.45, 2.75) is 84.5 Å². The van der Waals surface area contributed by atoms with E-state index in [9.17, 15) is 9.59 Å². The monoisotopic (exact) mass is 327 g/mol. The van der Waals surface area contributed by atoms with Crippen molar-refractivity contribution < 1.29 is 14.3 Å². The number of hydrogen-bond donors (Lipinski definition) is 3. The zero-order valence-corrected chi connectivity index (χ0v) is 15.6. The van der Waals surface area contributed by atoms with Gasteiger partial charge in [-0.1, -0.05) is 6.92 Å². The van der Waals surface area contributed by atoms with Gasteiger partial charge in [0, 0.05) is 23.7 Å². The van der Waals surface area contributed by atoms with Crippen molar-refractivity contribution in [3.8, 4) is 0 Å². The van der Waals surface area contributed by atoms with Gasteiger partial charge in [0.15, 0.2) is 0 Å². The summed E-state index contributed by atoms with van der Waals surface area (Å²) in [6.45, 7) is 14.2. The second-order valence-electron chi connectivity index (χ2n) is 8.24. The van der Waals surface area contributed by atoms with Gasteiger partial charge in [-0.3, -0.25) is 4.79 Å². The van der Waals surface area contributed by atoms with Crippen LogP contribution in [0.3, 0.4) is 0 Å². The Kier molecular flexibility index (Phi) is 6.45. The van der Waals surface area contributed by atoms with Crippen molar-refractivity contribution in [1.82, 2.24) is 16.0 Å². The molecule has 134 valence electrons. The molecule has 6 nitrogen and oxygen atoms in total. The van der Waals surface area contributed by atoms with Crippen LogP contribution < -0.4 is 16.0 Å². The van der Waals surface area contributed by atoms with E-state index >= 15 is 0 Å². The van der Waals surface area contributed by atoms with Gasteiger partial charge in [-0.15, -0.1) is 0 Å². The van der Waals surface area contributed by atoms with E-state index in [1.54, 1.807) is 6.92 Å². The number of hydrogen-bond acceptors (Lipinski definition) is 4. The minimum absolute atomic E-state index is 0.0198. The molecular formula is C17H33N3O3. The third-order valence-corrected chi connectivity index (χ3v) is 3.85. The molecule has 0 aromatic rings. The Balaban J connectivity index is 2.43. The molecule has 3 N–H and O–H groups in total. The molecule has 0 unspecified atom stereocenters. The van der Waals surface area contributed by atoms with Gasteiger partial charge in [0.2, 0.25) is 0 Å². The van der Waals surface area contributed by atoms with Gasteiger partial charge in [0.05, 0.1) is 12.0 Å².